The summed E-state index contributed by atoms with van der Waals surface area (Å²) in [7, 11) is 3.03. The fraction of sp³-hybridized carbons (Fsp3) is 0.250. The summed E-state index contributed by atoms with van der Waals surface area (Å²) >= 11 is 0. The number of hydrogen-bond donors (Lipinski definition) is 0. The normalized spacial score (nSPS) is 10.1. The zero-order chi connectivity index (χ0) is 15.9. The van der Waals surface area contributed by atoms with Crippen LogP contribution < -0.4 is 9.47 Å². The standard InChI is InChI=1S/C16H16N2O4/c1-21-15-6-3-11(7-16(15)22-2)13(19)4-5-14(20)12-8-17-10-18-9-12/h3,6-10H,4-5H2,1-2H3. The van der Waals surface area contributed by atoms with Gasteiger partial charge in [-0.2, -0.15) is 0 Å². The molecule has 6 nitrogen and oxygen atoms in total. The Hall–Kier alpha value is -2.76. The van der Waals surface area contributed by atoms with Gasteiger partial charge in [0.25, 0.3) is 0 Å². The minimum Gasteiger partial charge on any atom is -0.493 e. The van der Waals surface area contributed by atoms with Gasteiger partial charge >= 0.3 is 0 Å². The van der Waals surface area contributed by atoms with Gasteiger partial charge in [0.2, 0.25) is 0 Å². The van der Waals surface area contributed by atoms with Crippen LogP contribution in [0.5, 0.6) is 11.5 Å². The average molecular weight is 300 g/mol. The predicted molar refractivity (Wildman–Crippen MR) is 79.5 cm³/mol. The fourth-order valence-corrected chi connectivity index (χ4v) is 1.97. The molecule has 0 aliphatic rings. The first kappa shape index (κ1) is 15.6. The van der Waals surface area contributed by atoms with E-state index in [1.807, 2.05) is 0 Å². The van der Waals surface area contributed by atoms with Crippen LogP contribution in [0.2, 0.25) is 0 Å². The van der Waals surface area contributed by atoms with Crippen molar-refractivity contribution in [3.05, 3.63) is 48.0 Å². The Bertz CT molecular complexity index is 671. The van der Waals surface area contributed by atoms with Gasteiger partial charge in [-0.05, 0) is 18.2 Å². The van der Waals surface area contributed by atoms with Gasteiger partial charge < -0.3 is 9.47 Å². The molecule has 114 valence electrons. The van der Waals surface area contributed by atoms with E-state index in [-0.39, 0.29) is 24.4 Å². The number of carbonyl (C=O) groups is 2. The molecule has 0 fully saturated rings. The molecule has 0 aliphatic heterocycles. The number of hydrogen-bond acceptors (Lipinski definition) is 6. The maximum atomic E-state index is 12.2. The lowest BCUT2D eigenvalue weighted by Gasteiger charge is -2.09. The third-order valence-corrected chi connectivity index (χ3v) is 3.17. The van der Waals surface area contributed by atoms with Gasteiger partial charge in [0.05, 0.1) is 19.8 Å². The summed E-state index contributed by atoms with van der Waals surface area (Å²) in [5.41, 5.74) is 0.886. The Kier molecular flexibility index (Phi) is 5.19. The Labute approximate surface area is 128 Å². The highest BCUT2D eigenvalue weighted by Crippen LogP contribution is 2.28. The van der Waals surface area contributed by atoms with E-state index in [1.54, 1.807) is 18.2 Å². The van der Waals surface area contributed by atoms with E-state index in [0.29, 0.717) is 22.6 Å². The number of nitrogens with zero attached hydrogens (tertiary/aromatic N) is 2. The topological polar surface area (TPSA) is 78.4 Å². The van der Waals surface area contributed by atoms with E-state index in [4.69, 9.17) is 9.47 Å². The Morgan fingerprint density at radius 1 is 0.909 bits per heavy atom. The van der Waals surface area contributed by atoms with Gasteiger partial charge in [-0.25, -0.2) is 9.97 Å². The molecule has 22 heavy (non-hydrogen) atoms. The molecule has 0 spiro atoms. The summed E-state index contributed by atoms with van der Waals surface area (Å²) in [5.74, 6) is 0.744. The van der Waals surface area contributed by atoms with Crippen molar-refractivity contribution in [2.24, 2.45) is 0 Å². The van der Waals surface area contributed by atoms with Crippen molar-refractivity contribution in [3.8, 4) is 11.5 Å². The summed E-state index contributed by atoms with van der Waals surface area (Å²) in [5, 5.41) is 0. The Balaban J connectivity index is 2.02. The van der Waals surface area contributed by atoms with Crippen molar-refractivity contribution in [1.82, 2.24) is 9.97 Å². The van der Waals surface area contributed by atoms with E-state index in [0.717, 1.165) is 0 Å². The van der Waals surface area contributed by atoms with Gasteiger partial charge in [0, 0.05) is 30.8 Å². The lowest BCUT2D eigenvalue weighted by atomic mass is 10.0. The molecule has 0 N–H and O–H groups in total. The Morgan fingerprint density at radius 2 is 1.50 bits per heavy atom. The van der Waals surface area contributed by atoms with Gasteiger partial charge in [0.15, 0.2) is 23.1 Å². The van der Waals surface area contributed by atoms with Crippen LogP contribution in [0.4, 0.5) is 0 Å². The SMILES string of the molecule is COc1ccc(C(=O)CCC(=O)c2cncnc2)cc1OC. The highest BCUT2D eigenvalue weighted by Gasteiger charge is 2.13. The molecule has 0 amide bonds. The Morgan fingerprint density at radius 3 is 2.09 bits per heavy atom. The number of rotatable bonds is 7. The first-order valence-electron chi connectivity index (χ1n) is 6.69. The van der Waals surface area contributed by atoms with Crippen LogP contribution in [0, 0.1) is 0 Å². The van der Waals surface area contributed by atoms with E-state index in [1.165, 1.54) is 32.9 Å². The van der Waals surface area contributed by atoms with Crippen molar-refractivity contribution in [2.45, 2.75) is 12.8 Å². The predicted octanol–water partition coefficient (Wildman–Crippen LogP) is 2.34. The van der Waals surface area contributed by atoms with Crippen LogP contribution in [-0.4, -0.2) is 35.8 Å². The van der Waals surface area contributed by atoms with Crippen molar-refractivity contribution >= 4 is 11.6 Å². The van der Waals surface area contributed by atoms with Crippen LogP contribution in [0.25, 0.3) is 0 Å². The smallest absolute Gasteiger partial charge is 0.166 e. The molecule has 0 unspecified atom stereocenters. The average Bonchev–Trinajstić information content (AvgIpc) is 2.59. The zero-order valence-electron chi connectivity index (χ0n) is 12.4. The van der Waals surface area contributed by atoms with Crippen molar-refractivity contribution < 1.29 is 19.1 Å². The molecule has 0 aliphatic carbocycles. The largest absolute Gasteiger partial charge is 0.493 e. The molecule has 0 saturated heterocycles. The van der Waals surface area contributed by atoms with E-state index in [9.17, 15) is 9.59 Å². The molecule has 1 aromatic carbocycles. The number of methoxy groups -OCH3 is 2. The number of carbonyl (C=O) groups excluding carboxylic acids is 2. The molecular weight excluding hydrogens is 284 g/mol. The molecule has 1 aromatic heterocycles. The zero-order valence-corrected chi connectivity index (χ0v) is 12.4. The van der Waals surface area contributed by atoms with Crippen molar-refractivity contribution in [1.29, 1.82) is 0 Å². The monoisotopic (exact) mass is 300 g/mol. The van der Waals surface area contributed by atoms with Gasteiger partial charge in [-0.1, -0.05) is 0 Å². The van der Waals surface area contributed by atoms with Gasteiger partial charge in [-0.15, -0.1) is 0 Å². The highest BCUT2D eigenvalue weighted by atomic mass is 16.5. The highest BCUT2D eigenvalue weighted by molar-refractivity contribution is 6.02. The molecule has 2 aromatic rings. The summed E-state index contributed by atoms with van der Waals surface area (Å²) in [4.78, 5) is 31.7. The maximum Gasteiger partial charge on any atom is 0.166 e. The molecule has 6 heteroatoms. The number of ketones is 2. The summed E-state index contributed by atoms with van der Waals surface area (Å²) in [6.45, 7) is 0. The summed E-state index contributed by atoms with van der Waals surface area (Å²) < 4.78 is 10.3. The maximum absolute atomic E-state index is 12.2. The molecule has 0 bridgehead atoms. The molecule has 0 atom stereocenters. The minimum absolute atomic E-state index is 0.112. The van der Waals surface area contributed by atoms with Crippen molar-refractivity contribution in [2.75, 3.05) is 14.2 Å². The minimum atomic E-state index is -0.158. The summed E-state index contributed by atoms with van der Waals surface area (Å²) in [6.07, 6.45) is 4.46. The first-order valence-corrected chi connectivity index (χ1v) is 6.69. The second-order valence-electron chi connectivity index (χ2n) is 4.54. The second kappa shape index (κ2) is 7.31. The van der Waals surface area contributed by atoms with E-state index < -0.39 is 0 Å². The molecule has 1 heterocycles. The van der Waals surface area contributed by atoms with E-state index in [2.05, 4.69) is 9.97 Å². The molecule has 2 rings (SSSR count). The molecule has 0 saturated carbocycles. The molecular formula is C16H16N2O4. The third-order valence-electron chi connectivity index (χ3n) is 3.17. The van der Waals surface area contributed by atoms with Gasteiger partial charge in [0.1, 0.15) is 6.33 Å². The van der Waals surface area contributed by atoms with Crippen molar-refractivity contribution in [3.63, 3.8) is 0 Å². The third kappa shape index (κ3) is 3.66. The lowest BCUT2D eigenvalue weighted by Crippen LogP contribution is -2.06. The van der Waals surface area contributed by atoms with Gasteiger partial charge in [-0.3, -0.25) is 9.59 Å². The van der Waals surface area contributed by atoms with Crippen LogP contribution in [0.3, 0.4) is 0 Å². The fourth-order valence-electron chi connectivity index (χ4n) is 1.97. The van der Waals surface area contributed by atoms with E-state index >= 15 is 0 Å². The quantitative estimate of drug-likeness (QED) is 0.730. The number of Topliss-reactive ketones (excluding diaryl/α,β-unsaturated/α-hetero) is 2. The number of ether oxygens (including phenoxy) is 2. The van der Waals surface area contributed by atoms with Crippen LogP contribution in [0.15, 0.2) is 36.9 Å². The second-order valence-corrected chi connectivity index (χ2v) is 4.54. The van der Waals surface area contributed by atoms with Crippen LogP contribution in [0.1, 0.15) is 33.6 Å². The van der Waals surface area contributed by atoms with Crippen LogP contribution >= 0.6 is 0 Å². The first-order chi connectivity index (χ1) is 10.7. The molecule has 0 radical (unpaired) electrons. The number of aromatic nitrogens is 2. The lowest BCUT2D eigenvalue weighted by molar-refractivity contribution is 0.0917. The number of benzene rings is 1. The van der Waals surface area contributed by atoms with Crippen LogP contribution in [-0.2, 0) is 0 Å². The summed E-state index contributed by atoms with van der Waals surface area (Å²) in [6, 6.07) is 4.93.